The van der Waals surface area contributed by atoms with Gasteiger partial charge in [0.05, 0.1) is 18.5 Å². The molecular formula is C17H21N3O5. The molecule has 1 fully saturated rings. The number of aromatic nitrogens is 1. The Bertz CT molecular complexity index is 846. The molecule has 2 amide bonds. The quantitative estimate of drug-likeness (QED) is 0.826. The molecule has 0 unspecified atom stereocenters. The molecular weight excluding hydrogens is 326 g/mol. The molecule has 8 nitrogen and oxygen atoms in total. The van der Waals surface area contributed by atoms with E-state index < -0.39 is 5.76 Å². The first kappa shape index (κ1) is 17.1. The Labute approximate surface area is 144 Å². The van der Waals surface area contributed by atoms with E-state index >= 15 is 0 Å². The van der Waals surface area contributed by atoms with E-state index in [0.29, 0.717) is 43.9 Å². The average molecular weight is 347 g/mol. The van der Waals surface area contributed by atoms with Crippen LogP contribution in [0.15, 0.2) is 27.4 Å². The predicted octanol–water partition coefficient (Wildman–Crippen LogP) is 0.975. The minimum absolute atomic E-state index is 0.00338. The number of nitrogens with zero attached hydrogens (tertiary/aromatic N) is 3. The zero-order valence-electron chi connectivity index (χ0n) is 14.4. The molecule has 0 bridgehead atoms. The van der Waals surface area contributed by atoms with E-state index in [1.807, 2.05) is 0 Å². The van der Waals surface area contributed by atoms with Crippen molar-refractivity contribution in [1.29, 1.82) is 0 Å². The number of oxazole rings is 1. The lowest BCUT2D eigenvalue weighted by molar-refractivity contribution is -0.132. The van der Waals surface area contributed by atoms with Gasteiger partial charge in [0.2, 0.25) is 5.91 Å². The number of hydrogen-bond acceptors (Lipinski definition) is 5. The fourth-order valence-electron chi connectivity index (χ4n) is 2.92. The van der Waals surface area contributed by atoms with Gasteiger partial charge in [-0.2, -0.15) is 0 Å². The highest BCUT2D eigenvalue weighted by Gasteiger charge is 2.24. The van der Waals surface area contributed by atoms with Crippen LogP contribution in [0.25, 0.3) is 11.1 Å². The molecule has 0 radical (unpaired) electrons. The van der Waals surface area contributed by atoms with Crippen LogP contribution in [0.1, 0.15) is 12.5 Å². The van der Waals surface area contributed by atoms with E-state index in [2.05, 4.69) is 0 Å². The van der Waals surface area contributed by atoms with Crippen LogP contribution < -0.4 is 5.76 Å². The lowest BCUT2D eigenvalue weighted by Gasteiger charge is -2.34. The molecule has 2 aromatic rings. The summed E-state index contributed by atoms with van der Waals surface area (Å²) in [5.74, 6) is -0.426. The molecule has 0 saturated carbocycles. The van der Waals surface area contributed by atoms with Gasteiger partial charge in [-0.15, -0.1) is 0 Å². The zero-order valence-corrected chi connectivity index (χ0v) is 14.4. The molecule has 3 rings (SSSR count). The summed E-state index contributed by atoms with van der Waals surface area (Å²) in [5, 5.41) is 0. The Morgan fingerprint density at radius 2 is 1.84 bits per heavy atom. The van der Waals surface area contributed by atoms with Crippen LogP contribution in [0.3, 0.4) is 0 Å². The maximum absolute atomic E-state index is 12.5. The van der Waals surface area contributed by atoms with Crippen molar-refractivity contribution >= 4 is 23.1 Å². The Morgan fingerprint density at radius 1 is 1.16 bits per heavy atom. The highest BCUT2D eigenvalue weighted by atomic mass is 16.6. The third kappa shape index (κ3) is 3.52. The summed E-state index contributed by atoms with van der Waals surface area (Å²) in [5.41, 5.74) is 2.00. The SMILES string of the molecule is CCOC(=O)N1CCN(C(=O)Cc2ccc3oc(=O)n(C)c3c2)CC1. The van der Waals surface area contributed by atoms with Gasteiger partial charge in [0.25, 0.3) is 0 Å². The number of carbonyl (C=O) groups is 2. The second-order valence-corrected chi connectivity index (χ2v) is 5.97. The van der Waals surface area contributed by atoms with Gasteiger partial charge in [0.15, 0.2) is 5.58 Å². The largest absolute Gasteiger partial charge is 0.450 e. The van der Waals surface area contributed by atoms with Crippen LogP contribution in [0.2, 0.25) is 0 Å². The monoisotopic (exact) mass is 347 g/mol. The average Bonchev–Trinajstić information content (AvgIpc) is 2.89. The molecule has 25 heavy (non-hydrogen) atoms. The summed E-state index contributed by atoms with van der Waals surface area (Å²) in [7, 11) is 1.63. The minimum Gasteiger partial charge on any atom is -0.450 e. The van der Waals surface area contributed by atoms with E-state index in [1.165, 1.54) is 4.57 Å². The van der Waals surface area contributed by atoms with Crippen molar-refractivity contribution in [3.8, 4) is 0 Å². The van der Waals surface area contributed by atoms with Gasteiger partial charge in [0, 0.05) is 33.2 Å². The minimum atomic E-state index is -0.423. The van der Waals surface area contributed by atoms with E-state index in [0.717, 1.165) is 5.56 Å². The predicted molar refractivity (Wildman–Crippen MR) is 90.3 cm³/mol. The highest BCUT2D eigenvalue weighted by molar-refractivity contribution is 5.81. The van der Waals surface area contributed by atoms with Crippen LogP contribution in [0.4, 0.5) is 4.79 Å². The van der Waals surface area contributed by atoms with Crippen LogP contribution in [-0.2, 0) is 23.0 Å². The fraction of sp³-hybridized carbons (Fsp3) is 0.471. The van der Waals surface area contributed by atoms with E-state index in [1.54, 1.807) is 42.0 Å². The molecule has 0 N–H and O–H groups in total. The molecule has 1 aliphatic heterocycles. The summed E-state index contributed by atoms with van der Waals surface area (Å²) in [6.45, 7) is 4.04. The zero-order chi connectivity index (χ0) is 18.0. The second kappa shape index (κ2) is 7.00. The van der Waals surface area contributed by atoms with Crippen molar-refractivity contribution in [2.75, 3.05) is 32.8 Å². The molecule has 134 valence electrons. The Hall–Kier alpha value is -2.77. The van der Waals surface area contributed by atoms with E-state index in [4.69, 9.17) is 9.15 Å². The number of hydrogen-bond donors (Lipinski definition) is 0. The normalized spacial score (nSPS) is 14.8. The number of ether oxygens (including phenoxy) is 1. The first-order valence-corrected chi connectivity index (χ1v) is 8.27. The van der Waals surface area contributed by atoms with Crippen molar-refractivity contribution in [3.63, 3.8) is 0 Å². The van der Waals surface area contributed by atoms with Crippen molar-refractivity contribution < 1.29 is 18.7 Å². The first-order valence-electron chi connectivity index (χ1n) is 8.27. The molecule has 1 aromatic heterocycles. The highest BCUT2D eigenvalue weighted by Crippen LogP contribution is 2.16. The summed E-state index contributed by atoms with van der Waals surface area (Å²) < 4.78 is 11.5. The molecule has 8 heteroatoms. The lowest BCUT2D eigenvalue weighted by atomic mass is 10.1. The van der Waals surface area contributed by atoms with E-state index in [9.17, 15) is 14.4 Å². The number of aryl methyl sites for hydroxylation is 1. The number of amides is 2. The standard InChI is InChI=1S/C17H21N3O5/c1-3-24-17(23)20-8-6-19(7-9-20)15(21)11-12-4-5-14-13(10-12)18(2)16(22)25-14/h4-5,10H,3,6-9,11H2,1-2H3. The Kier molecular flexibility index (Phi) is 4.78. The van der Waals surface area contributed by atoms with Gasteiger partial charge in [0.1, 0.15) is 0 Å². The number of carbonyl (C=O) groups excluding carboxylic acids is 2. The van der Waals surface area contributed by atoms with Gasteiger partial charge in [-0.25, -0.2) is 9.59 Å². The lowest BCUT2D eigenvalue weighted by Crippen LogP contribution is -2.51. The molecule has 0 aliphatic carbocycles. The third-order valence-electron chi connectivity index (χ3n) is 4.37. The number of benzene rings is 1. The van der Waals surface area contributed by atoms with Gasteiger partial charge in [-0.05, 0) is 24.6 Å². The summed E-state index contributed by atoms with van der Waals surface area (Å²) in [6, 6.07) is 5.29. The third-order valence-corrected chi connectivity index (χ3v) is 4.37. The molecule has 2 heterocycles. The Balaban J connectivity index is 1.62. The topological polar surface area (TPSA) is 85.0 Å². The van der Waals surface area contributed by atoms with Crippen LogP contribution in [0, 0.1) is 0 Å². The maximum atomic E-state index is 12.5. The van der Waals surface area contributed by atoms with Crippen molar-refractivity contribution in [2.45, 2.75) is 13.3 Å². The van der Waals surface area contributed by atoms with Crippen molar-refractivity contribution in [2.24, 2.45) is 7.05 Å². The van der Waals surface area contributed by atoms with Gasteiger partial charge in [-0.1, -0.05) is 6.07 Å². The Morgan fingerprint density at radius 3 is 2.52 bits per heavy atom. The number of piperazine rings is 1. The maximum Gasteiger partial charge on any atom is 0.419 e. The molecule has 1 saturated heterocycles. The van der Waals surface area contributed by atoms with Gasteiger partial charge < -0.3 is 19.0 Å². The molecule has 1 aliphatic rings. The van der Waals surface area contributed by atoms with Crippen molar-refractivity contribution in [1.82, 2.24) is 14.4 Å². The summed E-state index contributed by atoms with van der Waals surface area (Å²) >= 11 is 0. The van der Waals surface area contributed by atoms with Crippen LogP contribution >= 0.6 is 0 Å². The molecule has 0 atom stereocenters. The summed E-state index contributed by atoms with van der Waals surface area (Å²) in [4.78, 5) is 39.1. The molecule has 0 spiro atoms. The van der Waals surface area contributed by atoms with Crippen LogP contribution in [-0.4, -0.2) is 59.2 Å². The first-order chi connectivity index (χ1) is 12.0. The number of fused-ring (bicyclic) bond motifs is 1. The summed E-state index contributed by atoms with van der Waals surface area (Å²) in [6.07, 6.45) is -0.0877. The second-order valence-electron chi connectivity index (χ2n) is 5.97. The van der Waals surface area contributed by atoms with Crippen molar-refractivity contribution in [3.05, 3.63) is 34.3 Å². The fourth-order valence-corrected chi connectivity index (χ4v) is 2.92. The van der Waals surface area contributed by atoms with Gasteiger partial charge in [-0.3, -0.25) is 9.36 Å². The number of rotatable bonds is 3. The smallest absolute Gasteiger partial charge is 0.419 e. The van der Waals surface area contributed by atoms with Crippen LogP contribution in [0.5, 0.6) is 0 Å². The van der Waals surface area contributed by atoms with E-state index in [-0.39, 0.29) is 18.4 Å². The molecule has 1 aromatic carbocycles. The van der Waals surface area contributed by atoms with Gasteiger partial charge >= 0.3 is 11.8 Å².